The normalized spacial score (nSPS) is 18.7. The fourth-order valence-electron chi connectivity index (χ4n) is 3.75. The van der Waals surface area contributed by atoms with Gasteiger partial charge in [0.05, 0.1) is 0 Å². The third-order valence-corrected chi connectivity index (χ3v) is 5.85. The molecule has 0 amide bonds. The summed E-state index contributed by atoms with van der Waals surface area (Å²) in [5, 5.41) is 0. The third-order valence-electron chi connectivity index (χ3n) is 5.85. The van der Waals surface area contributed by atoms with Gasteiger partial charge in [0.2, 0.25) is 0 Å². The highest BCUT2D eigenvalue weighted by molar-refractivity contribution is 5.25. The number of aryl methyl sites for hydroxylation is 2. The zero-order valence-corrected chi connectivity index (χ0v) is 13.3. The highest BCUT2D eigenvalue weighted by atomic mass is 14.5. The second-order valence-corrected chi connectivity index (χ2v) is 7.43. The van der Waals surface area contributed by atoms with Crippen molar-refractivity contribution >= 4 is 0 Å². The lowest BCUT2D eigenvalue weighted by molar-refractivity contribution is 0.0829. The van der Waals surface area contributed by atoms with Gasteiger partial charge in [-0.1, -0.05) is 57.9 Å². The second kappa shape index (κ2) is 5.69. The van der Waals surface area contributed by atoms with Gasteiger partial charge >= 0.3 is 0 Å². The molecule has 0 heterocycles. The fraction of sp³-hybridized carbons (Fsp3) is 0.684. The summed E-state index contributed by atoms with van der Waals surface area (Å²) in [7, 11) is 0. The van der Waals surface area contributed by atoms with E-state index in [9.17, 15) is 0 Å². The van der Waals surface area contributed by atoms with Gasteiger partial charge < -0.3 is 0 Å². The molecule has 0 N–H and O–H groups in total. The van der Waals surface area contributed by atoms with E-state index >= 15 is 0 Å². The van der Waals surface area contributed by atoms with Crippen LogP contribution in [0.15, 0.2) is 24.3 Å². The van der Waals surface area contributed by atoms with Crippen molar-refractivity contribution in [3.8, 4) is 0 Å². The Labute approximate surface area is 119 Å². The lowest BCUT2D eigenvalue weighted by Crippen LogP contribution is -2.32. The molecular formula is C19H30. The second-order valence-electron chi connectivity index (χ2n) is 7.43. The van der Waals surface area contributed by atoms with E-state index in [1.54, 1.807) is 0 Å². The molecule has 1 fully saturated rings. The Balaban J connectivity index is 1.90. The molecule has 0 heteroatoms. The summed E-state index contributed by atoms with van der Waals surface area (Å²) in [5.74, 6) is 0. The van der Waals surface area contributed by atoms with Gasteiger partial charge in [-0.05, 0) is 61.0 Å². The summed E-state index contributed by atoms with van der Waals surface area (Å²) in [5.41, 5.74) is 4.06. The molecule has 19 heavy (non-hydrogen) atoms. The largest absolute Gasteiger partial charge is 0.0620 e. The maximum atomic E-state index is 2.52. The van der Waals surface area contributed by atoms with E-state index in [1.807, 2.05) is 0 Å². The monoisotopic (exact) mass is 258 g/mol. The van der Waals surface area contributed by atoms with Gasteiger partial charge in [-0.15, -0.1) is 0 Å². The summed E-state index contributed by atoms with van der Waals surface area (Å²) in [6.07, 6.45) is 9.68. The van der Waals surface area contributed by atoms with Crippen molar-refractivity contribution in [2.75, 3.05) is 0 Å². The van der Waals surface area contributed by atoms with Crippen LogP contribution in [-0.2, 0) is 6.42 Å². The molecule has 106 valence electrons. The molecule has 0 unspecified atom stereocenters. The van der Waals surface area contributed by atoms with Gasteiger partial charge in [0.25, 0.3) is 0 Å². The topological polar surface area (TPSA) is 0 Å². The first kappa shape index (κ1) is 14.6. The van der Waals surface area contributed by atoms with E-state index in [0.29, 0.717) is 10.8 Å². The summed E-state index contributed by atoms with van der Waals surface area (Å²) < 4.78 is 0. The van der Waals surface area contributed by atoms with Gasteiger partial charge in [-0.2, -0.15) is 0 Å². The molecule has 1 aromatic rings. The molecule has 0 saturated heterocycles. The Morgan fingerprint density at radius 1 is 1.11 bits per heavy atom. The van der Waals surface area contributed by atoms with Crippen molar-refractivity contribution < 1.29 is 0 Å². The molecule has 0 bridgehead atoms. The maximum Gasteiger partial charge on any atom is -0.0275 e. The molecule has 1 aliphatic carbocycles. The number of rotatable bonds is 5. The van der Waals surface area contributed by atoms with Gasteiger partial charge in [-0.25, -0.2) is 0 Å². The highest BCUT2D eigenvalue weighted by Crippen LogP contribution is 2.53. The predicted octanol–water partition coefficient (Wildman–Crippen LogP) is 5.92. The first-order valence-electron chi connectivity index (χ1n) is 7.99. The van der Waals surface area contributed by atoms with Crippen LogP contribution in [0, 0.1) is 17.8 Å². The minimum atomic E-state index is 0.492. The van der Waals surface area contributed by atoms with Crippen LogP contribution in [0.5, 0.6) is 0 Å². The highest BCUT2D eigenvalue weighted by Gasteiger charge is 2.41. The predicted molar refractivity (Wildman–Crippen MR) is 84.5 cm³/mol. The summed E-state index contributed by atoms with van der Waals surface area (Å²) in [4.78, 5) is 0. The molecule has 2 rings (SSSR count). The van der Waals surface area contributed by atoms with Gasteiger partial charge in [0.1, 0.15) is 0 Å². The Morgan fingerprint density at radius 3 is 2.37 bits per heavy atom. The maximum absolute atomic E-state index is 2.52. The van der Waals surface area contributed by atoms with Crippen LogP contribution in [0.25, 0.3) is 0 Å². The SMILES string of the molecule is Cc1ccccc1CCCC(C)(C)C1(C)CCCC1. The standard InChI is InChI=1S/C19H30/c1-16-10-5-6-11-17(16)12-9-13-18(2,3)19(4)14-7-8-15-19/h5-6,10-11H,7-9,12-15H2,1-4H3. The van der Waals surface area contributed by atoms with Crippen LogP contribution in [0.2, 0.25) is 0 Å². The van der Waals surface area contributed by atoms with E-state index in [2.05, 4.69) is 52.0 Å². The molecule has 1 aromatic carbocycles. The van der Waals surface area contributed by atoms with Crippen molar-refractivity contribution in [3.05, 3.63) is 35.4 Å². The van der Waals surface area contributed by atoms with Crippen molar-refractivity contribution in [2.24, 2.45) is 10.8 Å². The van der Waals surface area contributed by atoms with Crippen LogP contribution in [0.3, 0.4) is 0 Å². The molecule has 1 aliphatic rings. The van der Waals surface area contributed by atoms with Crippen LogP contribution < -0.4 is 0 Å². The Kier molecular flexibility index (Phi) is 4.38. The van der Waals surface area contributed by atoms with Crippen LogP contribution in [0.1, 0.15) is 70.4 Å². The quantitative estimate of drug-likeness (QED) is 0.614. The van der Waals surface area contributed by atoms with E-state index in [1.165, 1.54) is 56.1 Å². The van der Waals surface area contributed by atoms with Gasteiger partial charge in [-0.3, -0.25) is 0 Å². The summed E-state index contributed by atoms with van der Waals surface area (Å²) in [6, 6.07) is 8.84. The van der Waals surface area contributed by atoms with E-state index < -0.39 is 0 Å². The van der Waals surface area contributed by atoms with Crippen LogP contribution in [-0.4, -0.2) is 0 Å². The molecule has 0 nitrogen and oxygen atoms in total. The van der Waals surface area contributed by atoms with E-state index in [-0.39, 0.29) is 0 Å². The van der Waals surface area contributed by atoms with E-state index in [0.717, 1.165) is 0 Å². The molecular weight excluding hydrogens is 228 g/mol. The summed E-state index contributed by atoms with van der Waals surface area (Å²) in [6.45, 7) is 9.75. The zero-order chi connectivity index (χ0) is 13.9. The number of hydrogen-bond donors (Lipinski definition) is 0. The van der Waals surface area contributed by atoms with E-state index in [4.69, 9.17) is 0 Å². The lowest BCUT2D eigenvalue weighted by atomic mass is 9.63. The number of hydrogen-bond acceptors (Lipinski definition) is 0. The minimum Gasteiger partial charge on any atom is -0.0620 e. The average Bonchev–Trinajstić information content (AvgIpc) is 2.80. The Hall–Kier alpha value is -0.780. The first-order valence-corrected chi connectivity index (χ1v) is 7.99. The third kappa shape index (κ3) is 3.22. The first-order chi connectivity index (χ1) is 8.95. The fourth-order valence-corrected chi connectivity index (χ4v) is 3.75. The van der Waals surface area contributed by atoms with Crippen molar-refractivity contribution in [1.29, 1.82) is 0 Å². The minimum absolute atomic E-state index is 0.492. The zero-order valence-electron chi connectivity index (χ0n) is 13.3. The number of benzene rings is 1. The summed E-state index contributed by atoms with van der Waals surface area (Å²) >= 11 is 0. The van der Waals surface area contributed by atoms with Crippen LogP contribution in [0.4, 0.5) is 0 Å². The van der Waals surface area contributed by atoms with Gasteiger partial charge in [0.15, 0.2) is 0 Å². The lowest BCUT2D eigenvalue weighted by Gasteiger charge is -2.42. The van der Waals surface area contributed by atoms with Gasteiger partial charge in [0, 0.05) is 0 Å². The average molecular weight is 258 g/mol. The molecule has 0 spiro atoms. The smallest absolute Gasteiger partial charge is 0.0275 e. The molecule has 0 aromatic heterocycles. The van der Waals surface area contributed by atoms with Crippen molar-refractivity contribution in [1.82, 2.24) is 0 Å². The molecule has 0 atom stereocenters. The van der Waals surface area contributed by atoms with Crippen molar-refractivity contribution in [2.45, 2.75) is 72.6 Å². The Bertz CT molecular complexity index is 408. The van der Waals surface area contributed by atoms with Crippen LogP contribution >= 0.6 is 0 Å². The molecule has 0 radical (unpaired) electrons. The molecule has 0 aliphatic heterocycles. The molecule has 1 saturated carbocycles. The Morgan fingerprint density at radius 2 is 1.74 bits per heavy atom. The van der Waals surface area contributed by atoms with Crippen molar-refractivity contribution in [3.63, 3.8) is 0 Å².